The highest BCUT2D eigenvalue weighted by Gasteiger charge is 2.08. The van der Waals surface area contributed by atoms with Crippen molar-refractivity contribution in [1.82, 2.24) is 5.32 Å². The average molecular weight is 234 g/mol. The van der Waals surface area contributed by atoms with Crippen molar-refractivity contribution in [3.63, 3.8) is 0 Å². The van der Waals surface area contributed by atoms with E-state index in [0.717, 1.165) is 12.2 Å². The van der Waals surface area contributed by atoms with Crippen molar-refractivity contribution in [2.45, 2.75) is 40.2 Å². The molecule has 0 heterocycles. The lowest BCUT2D eigenvalue weighted by Crippen LogP contribution is -2.30. The molecule has 3 heteroatoms. The number of anilines is 1. The van der Waals surface area contributed by atoms with Crippen molar-refractivity contribution < 1.29 is 4.79 Å². The fourth-order valence-corrected chi connectivity index (χ4v) is 1.73. The van der Waals surface area contributed by atoms with Crippen LogP contribution in [0.15, 0.2) is 18.2 Å². The summed E-state index contributed by atoms with van der Waals surface area (Å²) in [7, 11) is 0. The molecule has 1 atom stereocenters. The van der Waals surface area contributed by atoms with Crippen molar-refractivity contribution in [3.05, 3.63) is 29.3 Å². The summed E-state index contributed by atoms with van der Waals surface area (Å²) in [5.74, 6) is 0.0571. The van der Waals surface area contributed by atoms with Crippen LogP contribution in [-0.4, -0.2) is 18.5 Å². The highest BCUT2D eigenvalue weighted by molar-refractivity contribution is 5.91. The van der Waals surface area contributed by atoms with Gasteiger partial charge in [0.2, 0.25) is 5.91 Å². The minimum absolute atomic E-state index is 0.0571. The van der Waals surface area contributed by atoms with E-state index in [2.05, 4.69) is 17.6 Å². The van der Waals surface area contributed by atoms with E-state index < -0.39 is 0 Å². The predicted molar refractivity (Wildman–Crippen MR) is 72.3 cm³/mol. The van der Waals surface area contributed by atoms with E-state index in [1.807, 2.05) is 39.0 Å². The molecule has 3 nitrogen and oxygen atoms in total. The van der Waals surface area contributed by atoms with Crippen LogP contribution in [0, 0.1) is 13.8 Å². The quantitative estimate of drug-likeness (QED) is 0.822. The Bertz CT molecular complexity index is 388. The zero-order valence-corrected chi connectivity index (χ0v) is 11.1. The Kier molecular flexibility index (Phi) is 5.16. The van der Waals surface area contributed by atoms with Crippen LogP contribution in [0.3, 0.4) is 0 Å². The Morgan fingerprint density at radius 3 is 2.59 bits per heavy atom. The van der Waals surface area contributed by atoms with Crippen LogP contribution in [0.1, 0.15) is 31.4 Å². The third kappa shape index (κ3) is 4.57. The Balaban J connectivity index is 2.53. The van der Waals surface area contributed by atoms with Gasteiger partial charge in [-0.15, -0.1) is 0 Å². The number of rotatable bonds is 5. The van der Waals surface area contributed by atoms with Crippen molar-refractivity contribution in [2.24, 2.45) is 0 Å². The number of nitrogens with one attached hydrogen (secondary N) is 2. The first-order valence-corrected chi connectivity index (χ1v) is 6.13. The Morgan fingerprint density at radius 1 is 1.29 bits per heavy atom. The number of carbonyl (C=O) groups excluding carboxylic acids is 1. The zero-order valence-electron chi connectivity index (χ0n) is 11.1. The lowest BCUT2D eigenvalue weighted by molar-refractivity contribution is -0.116. The molecule has 1 rings (SSSR count). The molecular weight excluding hydrogens is 212 g/mol. The smallest absolute Gasteiger partial charge is 0.225 e. The van der Waals surface area contributed by atoms with Crippen molar-refractivity contribution in [3.8, 4) is 0 Å². The van der Waals surface area contributed by atoms with E-state index in [1.54, 1.807) is 0 Å². The SMILES string of the molecule is CCNC(C)CC(=O)Nc1ccc(C)c(C)c1. The number of benzene rings is 1. The van der Waals surface area contributed by atoms with Gasteiger partial charge in [0.1, 0.15) is 0 Å². The van der Waals surface area contributed by atoms with E-state index in [4.69, 9.17) is 0 Å². The van der Waals surface area contributed by atoms with Crippen LogP contribution in [0.5, 0.6) is 0 Å². The molecule has 0 saturated heterocycles. The molecule has 0 radical (unpaired) electrons. The first-order valence-electron chi connectivity index (χ1n) is 6.13. The van der Waals surface area contributed by atoms with Gasteiger partial charge in [-0.25, -0.2) is 0 Å². The summed E-state index contributed by atoms with van der Waals surface area (Å²) < 4.78 is 0. The molecule has 2 N–H and O–H groups in total. The third-order valence-electron chi connectivity index (χ3n) is 2.83. The number of aryl methyl sites for hydroxylation is 2. The first kappa shape index (κ1) is 13.7. The van der Waals surface area contributed by atoms with Crippen molar-refractivity contribution in [2.75, 3.05) is 11.9 Å². The molecule has 0 spiro atoms. The molecule has 0 aromatic heterocycles. The normalized spacial score (nSPS) is 12.2. The van der Waals surface area contributed by atoms with Crippen LogP contribution in [0.4, 0.5) is 5.69 Å². The molecule has 0 aliphatic heterocycles. The van der Waals surface area contributed by atoms with E-state index in [1.165, 1.54) is 11.1 Å². The van der Waals surface area contributed by atoms with Crippen LogP contribution in [0.25, 0.3) is 0 Å². The van der Waals surface area contributed by atoms with Gasteiger partial charge in [-0.3, -0.25) is 4.79 Å². The second kappa shape index (κ2) is 6.40. The summed E-state index contributed by atoms with van der Waals surface area (Å²) in [6.07, 6.45) is 0.501. The molecular formula is C14H22N2O. The third-order valence-corrected chi connectivity index (χ3v) is 2.83. The average Bonchev–Trinajstić information content (AvgIpc) is 2.23. The fraction of sp³-hybridized carbons (Fsp3) is 0.500. The lowest BCUT2D eigenvalue weighted by atomic mass is 10.1. The van der Waals surface area contributed by atoms with Gasteiger partial charge in [0, 0.05) is 18.2 Å². The van der Waals surface area contributed by atoms with Gasteiger partial charge in [0.15, 0.2) is 0 Å². The second-order valence-electron chi connectivity index (χ2n) is 4.51. The zero-order chi connectivity index (χ0) is 12.8. The lowest BCUT2D eigenvalue weighted by Gasteiger charge is -2.12. The topological polar surface area (TPSA) is 41.1 Å². The molecule has 0 saturated carbocycles. The minimum atomic E-state index is 0.0571. The first-order chi connectivity index (χ1) is 8.02. The van der Waals surface area contributed by atoms with Gasteiger partial charge in [-0.1, -0.05) is 13.0 Å². The predicted octanol–water partition coefficient (Wildman–Crippen LogP) is 2.63. The summed E-state index contributed by atoms with van der Waals surface area (Å²) in [5, 5.41) is 6.14. The molecule has 94 valence electrons. The molecule has 0 aliphatic carbocycles. The van der Waals surface area contributed by atoms with Gasteiger partial charge >= 0.3 is 0 Å². The number of hydrogen-bond acceptors (Lipinski definition) is 2. The maximum absolute atomic E-state index is 11.7. The van der Waals surface area contributed by atoms with Crippen LogP contribution in [0.2, 0.25) is 0 Å². The number of carbonyl (C=O) groups is 1. The number of amides is 1. The fourth-order valence-electron chi connectivity index (χ4n) is 1.73. The maximum Gasteiger partial charge on any atom is 0.225 e. The summed E-state index contributed by atoms with van der Waals surface area (Å²) >= 11 is 0. The van der Waals surface area contributed by atoms with Crippen molar-refractivity contribution >= 4 is 11.6 Å². The summed E-state index contributed by atoms with van der Waals surface area (Å²) in [6, 6.07) is 6.19. The summed E-state index contributed by atoms with van der Waals surface area (Å²) in [6.45, 7) is 9.06. The number of hydrogen-bond donors (Lipinski definition) is 2. The van der Waals surface area contributed by atoms with Crippen LogP contribution < -0.4 is 10.6 Å². The molecule has 1 unspecified atom stereocenters. The van der Waals surface area contributed by atoms with Gasteiger partial charge in [-0.2, -0.15) is 0 Å². The molecule has 1 amide bonds. The summed E-state index contributed by atoms with van der Waals surface area (Å²) in [5.41, 5.74) is 3.31. The van der Waals surface area contributed by atoms with E-state index in [9.17, 15) is 4.79 Å². The molecule has 17 heavy (non-hydrogen) atoms. The van der Waals surface area contributed by atoms with Crippen LogP contribution >= 0.6 is 0 Å². The van der Waals surface area contributed by atoms with Crippen molar-refractivity contribution in [1.29, 1.82) is 0 Å². The molecule has 0 fully saturated rings. The van der Waals surface area contributed by atoms with E-state index in [-0.39, 0.29) is 11.9 Å². The highest BCUT2D eigenvalue weighted by Crippen LogP contribution is 2.14. The standard InChI is InChI=1S/C14H22N2O/c1-5-15-12(4)9-14(17)16-13-7-6-10(2)11(3)8-13/h6-8,12,15H,5,9H2,1-4H3,(H,16,17). The van der Waals surface area contributed by atoms with Gasteiger partial charge in [0.25, 0.3) is 0 Å². The minimum Gasteiger partial charge on any atom is -0.326 e. The monoisotopic (exact) mass is 234 g/mol. The molecule has 0 bridgehead atoms. The molecule has 0 aliphatic rings. The molecule has 1 aromatic rings. The van der Waals surface area contributed by atoms with Gasteiger partial charge in [-0.05, 0) is 50.6 Å². The van der Waals surface area contributed by atoms with E-state index in [0.29, 0.717) is 6.42 Å². The largest absolute Gasteiger partial charge is 0.326 e. The highest BCUT2D eigenvalue weighted by atomic mass is 16.1. The Labute approximate surface area is 104 Å². The van der Waals surface area contributed by atoms with Gasteiger partial charge in [0.05, 0.1) is 0 Å². The Morgan fingerprint density at radius 2 is 2.00 bits per heavy atom. The van der Waals surface area contributed by atoms with Gasteiger partial charge < -0.3 is 10.6 Å². The van der Waals surface area contributed by atoms with E-state index >= 15 is 0 Å². The molecule has 1 aromatic carbocycles. The Hall–Kier alpha value is -1.35. The van der Waals surface area contributed by atoms with Crippen LogP contribution in [-0.2, 0) is 4.79 Å². The summed E-state index contributed by atoms with van der Waals surface area (Å²) in [4.78, 5) is 11.7. The second-order valence-corrected chi connectivity index (χ2v) is 4.51. The maximum atomic E-state index is 11.7.